The second-order valence-electron chi connectivity index (χ2n) is 7.97. The van der Waals surface area contributed by atoms with Crippen LogP contribution in [0.4, 0.5) is 9.18 Å². The average Bonchev–Trinajstić information content (AvgIpc) is 2.48. The molecule has 0 unspecified atom stereocenters. The predicted octanol–water partition coefficient (Wildman–Crippen LogP) is 4.40. The van der Waals surface area contributed by atoms with Crippen LogP contribution in [0.3, 0.4) is 0 Å². The lowest BCUT2D eigenvalue weighted by Gasteiger charge is -2.50. The number of rotatable bonds is 2. The summed E-state index contributed by atoms with van der Waals surface area (Å²) in [5.41, 5.74) is 0.688. The molecule has 2 saturated heterocycles. The van der Waals surface area contributed by atoms with Crippen molar-refractivity contribution in [3.8, 4) is 0 Å². The Kier molecular flexibility index (Phi) is 4.35. The number of fused-ring (bicyclic) bond motifs is 3. The Bertz CT molecular complexity index is 564. The Balaban J connectivity index is 1.70. The van der Waals surface area contributed by atoms with Gasteiger partial charge in [0.2, 0.25) is 0 Å². The lowest BCUT2D eigenvalue weighted by Crippen LogP contribution is -2.56. The molecular formula is C19H26FNO2. The second kappa shape index (κ2) is 6.14. The molecule has 0 N–H and O–H groups in total. The summed E-state index contributed by atoms with van der Waals surface area (Å²) in [5.74, 6) is 0.813. The van der Waals surface area contributed by atoms with Gasteiger partial charge in [-0.25, -0.2) is 9.18 Å². The summed E-state index contributed by atoms with van der Waals surface area (Å²) in [6.07, 6.45) is 4.12. The molecule has 0 aromatic heterocycles. The fraction of sp³-hybridized carbons (Fsp3) is 0.632. The van der Waals surface area contributed by atoms with Crippen LogP contribution < -0.4 is 0 Å². The number of hydrogen-bond acceptors (Lipinski definition) is 2. The summed E-state index contributed by atoms with van der Waals surface area (Å²) < 4.78 is 18.7. The second-order valence-corrected chi connectivity index (χ2v) is 7.97. The number of ether oxygens (including phenoxy) is 1. The van der Waals surface area contributed by atoms with Gasteiger partial charge in [-0.15, -0.1) is 0 Å². The molecule has 1 aliphatic carbocycles. The largest absolute Gasteiger partial charge is 0.444 e. The highest BCUT2D eigenvalue weighted by Gasteiger charge is 2.43. The number of nitrogens with zero attached hydrogens (tertiary/aromatic N) is 1. The molecule has 126 valence electrons. The van der Waals surface area contributed by atoms with E-state index in [9.17, 15) is 9.18 Å². The Morgan fingerprint density at radius 2 is 1.96 bits per heavy atom. The molecule has 1 aromatic rings. The van der Waals surface area contributed by atoms with E-state index in [-0.39, 0.29) is 18.0 Å². The van der Waals surface area contributed by atoms with Crippen molar-refractivity contribution >= 4 is 6.09 Å². The van der Waals surface area contributed by atoms with Gasteiger partial charge >= 0.3 is 6.09 Å². The van der Waals surface area contributed by atoms with Crippen molar-refractivity contribution in [2.45, 2.75) is 58.1 Å². The summed E-state index contributed by atoms with van der Waals surface area (Å²) in [7, 11) is 0. The minimum atomic E-state index is -0.458. The Labute approximate surface area is 137 Å². The van der Waals surface area contributed by atoms with Gasteiger partial charge in [0.15, 0.2) is 0 Å². The molecule has 0 radical (unpaired) electrons. The Hall–Kier alpha value is -1.58. The lowest BCUT2D eigenvalue weighted by atomic mass is 9.71. The monoisotopic (exact) mass is 319 g/mol. The van der Waals surface area contributed by atoms with E-state index in [1.165, 1.54) is 18.6 Å². The fourth-order valence-electron chi connectivity index (χ4n) is 4.01. The van der Waals surface area contributed by atoms with Crippen molar-refractivity contribution in [2.75, 3.05) is 6.54 Å². The molecule has 2 bridgehead atoms. The Morgan fingerprint density at radius 3 is 2.57 bits per heavy atom. The van der Waals surface area contributed by atoms with Crippen molar-refractivity contribution in [2.24, 2.45) is 11.8 Å². The van der Waals surface area contributed by atoms with Gasteiger partial charge in [0.05, 0.1) is 0 Å². The fourth-order valence-corrected chi connectivity index (χ4v) is 4.01. The van der Waals surface area contributed by atoms with E-state index in [1.54, 1.807) is 0 Å². The quantitative estimate of drug-likeness (QED) is 0.808. The molecule has 1 aromatic carbocycles. The van der Waals surface area contributed by atoms with Gasteiger partial charge < -0.3 is 9.64 Å². The molecule has 0 spiro atoms. The molecule has 4 rings (SSSR count). The summed E-state index contributed by atoms with van der Waals surface area (Å²) in [6, 6.07) is 6.99. The molecular weight excluding hydrogens is 293 g/mol. The normalized spacial score (nSPS) is 27.1. The van der Waals surface area contributed by atoms with Crippen LogP contribution in [-0.4, -0.2) is 29.2 Å². The van der Waals surface area contributed by atoms with Crippen LogP contribution in [0.2, 0.25) is 0 Å². The van der Waals surface area contributed by atoms with Gasteiger partial charge in [-0.3, -0.25) is 0 Å². The van der Waals surface area contributed by atoms with E-state index < -0.39 is 5.60 Å². The zero-order chi connectivity index (χ0) is 16.6. The molecule has 23 heavy (non-hydrogen) atoms. The first-order valence-electron chi connectivity index (χ1n) is 8.56. The van der Waals surface area contributed by atoms with Crippen LogP contribution in [0.1, 0.15) is 45.6 Å². The molecule has 3 nitrogen and oxygen atoms in total. The van der Waals surface area contributed by atoms with Crippen LogP contribution >= 0.6 is 0 Å². The maximum atomic E-state index is 13.1. The van der Waals surface area contributed by atoms with Crippen molar-refractivity contribution in [3.63, 3.8) is 0 Å². The first-order chi connectivity index (χ1) is 10.8. The number of amides is 1. The predicted molar refractivity (Wildman–Crippen MR) is 87.7 cm³/mol. The van der Waals surface area contributed by atoms with Crippen LogP contribution in [-0.2, 0) is 11.2 Å². The highest BCUT2D eigenvalue weighted by molar-refractivity contribution is 5.69. The summed E-state index contributed by atoms with van der Waals surface area (Å²) in [4.78, 5) is 14.4. The number of piperidine rings is 2. The topological polar surface area (TPSA) is 29.5 Å². The van der Waals surface area contributed by atoms with Gasteiger partial charge in [-0.05, 0) is 76.0 Å². The molecule has 2 heterocycles. The van der Waals surface area contributed by atoms with Crippen LogP contribution in [0, 0.1) is 17.7 Å². The van der Waals surface area contributed by atoms with E-state index >= 15 is 0 Å². The lowest BCUT2D eigenvalue weighted by molar-refractivity contribution is -0.0316. The first kappa shape index (κ1) is 16.3. The number of carbonyl (C=O) groups excluding carboxylic acids is 1. The third-order valence-corrected chi connectivity index (χ3v) is 4.95. The molecule has 3 atom stereocenters. The number of halogens is 1. The molecule has 3 fully saturated rings. The molecule has 1 amide bonds. The minimum Gasteiger partial charge on any atom is -0.444 e. The number of hydrogen-bond donors (Lipinski definition) is 0. The van der Waals surface area contributed by atoms with Crippen molar-refractivity contribution < 1.29 is 13.9 Å². The standard InChI is InChI=1S/C19H26FNO2/c1-19(2,3)23-18(22)21-12-14-6-9-17(21)15(11-14)10-13-4-7-16(20)8-5-13/h4-5,7-8,14-15,17H,6,9-12H2,1-3H3/t14-,15-,17-/m0/s1. The van der Waals surface area contributed by atoms with E-state index in [0.29, 0.717) is 11.8 Å². The third-order valence-electron chi connectivity index (χ3n) is 4.95. The summed E-state index contributed by atoms with van der Waals surface area (Å²) >= 11 is 0. The van der Waals surface area contributed by atoms with Crippen molar-refractivity contribution in [1.29, 1.82) is 0 Å². The van der Waals surface area contributed by atoms with E-state index in [0.717, 1.165) is 31.4 Å². The van der Waals surface area contributed by atoms with Gasteiger partial charge in [-0.1, -0.05) is 12.1 Å². The average molecular weight is 319 g/mol. The smallest absolute Gasteiger partial charge is 0.410 e. The van der Waals surface area contributed by atoms with Gasteiger partial charge in [0, 0.05) is 12.6 Å². The van der Waals surface area contributed by atoms with Crippen LogP contribution in [0.5, 0.6) is 0 Å². The van der Waals surface area contributed by atoms with Crippen LogP contribution in [0.15, 0.2) is 24.3 Å². The maximum absolute atomic E-state index is 13.1. The zero-order valence-corrected chi connectivity index (χ0v) is 14.2. The van der Waals surface area contributed by atoms with Crippen LogP contribution in [0.25, 0.3) is 0 Å². The molecule has 2 aliphatic heterocycles. The molecule has 1 saturated carbocycles. The molecule has 4 heteroatoms. The van der Waals surface area contributed by atoms with Gasteiger partial charge in [0.25, 0.3) is 0 Å². The van der Waals surface area contributed by atoms with E-state index in [2.05, 4.69) is 0 Å². The SMILES string of the molecule is CC(C)(C)OC(=O)N1C[C@H]2CC[C@H]1[C@@H](Cc1ccc(F)cc1)C2. The maximum Gasteiger partial charge on any atom is 0.410 e. The molecule has 3 aliphatic rings. The first-order valence-corrected chi connectivity index (χ1v) is 8.56. The summed E-state index contributed by atoms with van der Waals surface area (Å²) in [6.45, 7) is 6.54. The van der Waals surface area contributed by atoms with E-state index in [4.69, 9.17) is 4.74 Å². The third kappa shape index (κ3) is 3.85. The number of benzene rings is 1. The van der Waals surface area contributed by atoms with Crippen molar-refractivity contribution in [3.05, 3.63) is 35.6 Å². The van der Waals surface area contributed by atoms with Crippen molar-refractivity contribution in [1.82, 2.24) is 4.90 Å². The van der Waals surface area contributed by atoms with E-state index in [1.807, 2.05) is 37.8 Å². The highest BCUT2D eigenvalue weighted by Crippen LogP contribution is 2.41. The number of carbonyl (C=O) groups is 1. The van der Waals surface area contributed by atoms with Gasteiger partial charge in [0.1, 0.15) is 11.4 Å². The van der Waals surface area contributed by atoms with Gasteiger partial charge in [-0.2, -0.15) is 0 Å². The zero-order valence-electron chi connectivity index (χ0n) is 14.2. The summed E-state index contributed by atoms with van der Waals surface area (Å²) in [5, 5.41) is 0. The Morgan fingerprint density at radius 1 is 1.26 bits per heavy atom. The highest BCUT2D eigenvalue weighted by atomic mass is 19.1. The minimum absolute atomic E-state index is 0.184.